The average Bonchev–Trinajstić information content (AvgIpc) is 3.11. The molecule has 2 aromatic rings. The lowest BCUT2D eigenvalue weighted by atomic mass is 10.2. The molecule has 2 aromatic heterocycles. The van der Waals surface area contributed by atoms with Crippen molar-refractivity contribution in [1.29, 1.82) is 0 Å². The van der Waals surface area contributed by atoms with Crippen LogP contribution >= 0.6 is 24.0 Å². The number of aromatic nitrogens is 3. The Hall–Kier alpha value is -2.37. The van der Waals surface area contributed by atoms with Crippen LogP contribution in [0.15, 0.2) is 35.7 Å². The van der Waals surface area contributed by atoms with E-state index in [1.807, 2.05) is 62.4 Å². The van der Waals surface area contributed by atoms with Crippen molar-refractivity contribution >= 4 is 47.3 Å². The van der Waals surface area contributed by atoms with Crippen LogP contribution in [0.25, 0.3) is 0 Å². The number of piperazine rings is 1. The van der Waals surface area contributed by atoms with Crippen LogP contribution in [0, 0.1) is 0 Å². The number of aryl methyl sites for hydroxylation is 1. The van der Waals surface area contributed by atoms with Gasteiger partial charge >= 0.3 is 0 Å². The summed E-state index contributed by atoms with van der Waals surface area (Å²) in [5.74, 6) is 1.71. The fourth-order valence-electron chi connectivity index (χ4n) is 3.04. The predicted octanol–water partition coefficient (Wildman–Crippen LogP) is 1.31. The second-order valence-corrected chi connectivity index (χ2v) is 6.93. The highest BCUT2D eigenvalue weighted by molar-refractivity contribution is 14.0. The number of aliphatic imine (C=N–C) groups is 1. The molecule has 3 heterocycles. The first kappa shape index (κ1) is 22.9. The summed E-state index contributed by atoms with van der Waals surface area (Å²) in [4.78, 5) is 27.5. The van der Waals surface area contributed by atoms with Gasteiger partial charge in [0, 0.05) is 53.2 Å². The fourth-order valence-corrected chi connectivity index (χ4v) is 3.04. The van der Waals surface area contributed by atoms with Crippen molar-refractivity contribution in [2.24, 2.45) is 12.0 Å². The van der Waals surface area contributed by atoms with Crippen molar-refractivity contribution in [2.45, 2.75) is 13.5 Å². The summed E-state index contributed by atoms with van der Waals surface area (Å²) in [6, 6.07) is 4.01. The van der Waals surface area contributed by atoms with Crippen molar-refractivity contribution in [3.05, 3.63) is 36.3 Å². The highest BCUT2D eigenvalue weighted by atomic mass is 127. The number of guanidine groups is 1. The predicted molar refractivity (Wildman–Crippen MR) is 126 cm³/mol. The molecule has 0 unspecified atom stereocenters. The Bertz CT molecular complexity index is 833. The Balaban J connectivity index is 0.00000300. The van der Waals surface area contributed by atoms with Gasteiger partial charge in [-0.1, -0.05) is 6.07 Å². The molecule has 10 heteroatoms. The molecule has 0 bridgehead atoms. The molecule has 29 heavy (non-hydrogen) atoms. The van der Waals surface area contributed by atoms with Crippen LogP contribution < -0.4 is 15.1 Å². The highest BCUT2D eigenvalue weighted by Gasteiger charge is 2.27. The van der Waals surface area contributed by atoms with E-state index in [4.69, 9.17) is 4.99 Å². The molecule has 0 saturated carbocycles. The molecule has 1 aliphatic heterocycles. The van der Waals surface area contributed by atoms with Gasteiger partial charge in [-0.25, -0.2) is 9.98 Å². The monoisotopic (exact) mass is 512 g/mol. The van der Waals surface area contributed by atoms with Crippen molar-refractivity contribution in [3.63, 3.8) is 0 Å². The standard InChI is InChI=1S/C19H28N8O.HI/c1-5-20-19(22-11-15-6-7-17(21-10-15)24(2)3)26-8-9-27(18(28)14-26)16-12-23-25(4)13-16;/h6-7,10,12-13H,5,8-9,11,14H2,1-4H3,(H,20,22);1H. The molecule has 3 rings (SSSR count). The Morgan fingerprint density at radius 2 is 2.07 bits per heavy atom. The zero-order chi connectivity index (χ0) is 20.1. The normalized spacial score (nSPS) is 14.6. The van der Waals surface area contributed by atoms with E-state index >= 15 is 0 Å². The van der Waals surface area contributed by atoms with Gasteiger partial charge in [0.05, 0.1) is 18.4 Å². The largest absolute Gasteiger partial charge is 0.363 e. The molecule has 9 nitrogen and oxygen atoms in total. The smallest absolute Gasteiger partial charge is 0.246 e. The minimum atomic E-state index is 0. The first-order valence-corrected chi connectivity index (χ1v) is 9.42. The van der Waals surface area contributed by atoms with Gasteiger partial charge in [0.2, 0.25) is 5.91 Å². The van der Waals surface area contributed by atoms with Crippen LogP contribution in [0.3, 0.4) is 0 Å². The van der Waals surface area contributed by atoms with Gasteiger partial charge in [-0.3, -0.25) is 9.48 Å². The van der Waals surface area contributed by atoms with E-state index in [1.54, 1.807) is 15.8 Å². The number of amides is 1. The number of rotatable bonds is 5. The van der Waals surface area contributed by atoms with Crippen molar-refractivity contribution < 1.29 is 4.79 Å². The maximum Gasteiger partial charge on any atom is 0.246 e. The summed E-state index contributed by atoms with van der Waals surface area (Å²) in [6.45, 7) is 4.89. The Labute approximate surface area is 188 Å². The number of pyridine rings is 1. The summed E-state index contributed by atoms with van der Waals surface area (Å²) in [5.41, 5.74) is 1.86. The van der Waals surface area contributed by atoms with Crippen LogP contribution in [0.4, 0.5) is 11.5 Å². The third-order valence-corrected chi connectivity index (χ3v) is 4.54. The lowest BCUT2D eigenvalue weighted by Gasteiger charge is -2.35. The van der Waals surface area contributed by atoms with E-state index < -0.39 is 0 Å². The number of hydrogen-bond acceptors (Lipinski definition) is 5. The molecule has 0 aromatic carbocycles. The van der Waals surface area contributed by atoms with E-state index in [2.05, 4.69) is 15.4 Å². The second-order valence-electron chi connectivity index (χ2n) is 6.93. The second kappa shape index (κ2) is 10.4. The van der Waals surface area contributed by atoms with Crippen molar-refractivity contribution in [2.75, 3.05) is 50.1 Å². The third kappa shape index (κ3) is 5.81. The zero-order valence-corrected chi connectivity index (χ0v) is 19.7. The third-order valence-electron chi connectivity index (χ3n) is 4.54. The van der Waals surface area contributed by atoms with Crippen LogP contribution in [-0.2, 0) is 18.4 Å². The SMILES string of the molecule is CCNC(=NCc1ccc(N(C)C)nc1)N1CCN(c2cnn(C)c2)C(=O)C1.I. The molecule has 1 aliphatic rings. The summed E-state index contributed by atoms with van der Waals surface area (Å²) in [6.07, 6.45) is 5.42. The number of halogens is 1. The molecule has 158 valence electrons. The molecule has 1 saturated heterocycles. The first-order valence-electron chi connectivity index (χ1n) is 9.42. The summed E-state index contributed by atoms with van der Waals surface area (Å²) in [7, 11) is 5.78. The lowest BCUT2D eigenvalue weighted by molar-refractivity contribution is -0.120. The molecule has 1 amide bonds. The van der Waals surface area contributed by atoms with Gasteiger partial charge < -0.3 is 20.0 Å². The van der Waals surface area contributed by atoms with Crippen LogP contribution in [0.2, 0.25) is 0 Å². The van der Waals surface area contributed by atoms with Gasteiger partial charge in [0.1, 0.15) is 12.4 Å². The lowest BCUT2D eigenvalue weighted by Crippen LogP contribution is -2.55. The maximum atomic E-state index is 12.6. The molecular weight excluding hydrogens is 483 g/mol. The van der Waals surface area contributed by atoms with E-state index in [0.29, 0.717) is 26.2 Å². The van der Waals surface area contributed by atoms with Crippen LogP contribution in [0.5, 0.6) is 0 Å². The van der Waals surface area contributed by atoms with E-state index in [1.165, 1.54) is 0 Å². The number of nitrogens with zero attached hydrogens (tertiary/aromatic N) is 7. The number of hydrogen-bond donors (Lipinski definition) is 1. The topological polar surface area (TPSA) is 81.9 Å². The van der Waals surface area contributed by atoms with Crippen molar-refractivity contribution in [3.8, 4) is 0 Å². The van der Waals surface area contributed by atoms with E-state index in [9.17, 15) is 4.79 Å². The zero-order valence-electron chi connectivity index (χ0n) is 17.4. The number of anilines is 2. The van der Waals surface area contributed by atoms with Gasteiger partial charge in [-0.2, -0.15) is 5.10 Å². The highest BCUT2D eigenvalue weighted by Crippen LogP contribution is 2.16. The molecule has 1 N–H and O–H groups in total. The molecule has 1 fully saturated rings. The van der Waals surface area contributed by atoms with E-state index in [0.717, 1.165) is 29.6 Å². The van der Waals surface area contributed by atoms with Crippen LogP contribution in [0.1, 0.15) is 12.5 Å². The molecule has 0 radical (unpaired) electrons. The molecule has 0 aliphatic carbocycles. The Kier molecular flexibility index (Phi) is 8.23. The van der Waals surface area contributed by atoms with Gasteiger partial charge in [0.15, 0.2) is 5.96 Å². The van der Waals surface area contributed by atoms with Crippen molar-refractivity contribution in [1.82, 2.24) is 25.0 Å². The number of carbonyl (C=O) groups is 1. The summed E-state index contributed by atoms with van der Waals surface area (Å²) in [5, 5.41) is 7.45. The number of nitrogens with one attached hydrogen (secondary N) is 1. The Morgan fingerprint density at radius 1 is 1.28 bits per heavy atom. The van der Waals surface area contributed by atoms with Gasteiger partial charge in [0.25, 0.3) is 0 Å². The van der Waals surface area contributed by atoms with Crippen LogP contribution in [-0.4, -0.2) is 71.8 Å². The molecule has 0 spiro atoms. The minimum Gasteiger partial charge on any atom is -0.363 e. The average molecular weight is 512 g/mol. The molecular formula is C19H29IN8O. The Morgan fingerprint density at radius 3 is 2.62 bits per heavy atom. The van der Waals surface area contributed by atoms with Gasteiger partial charge in [-0.05, 0) is 18.6 Å². The maximum absolute atomic E-state index is 12.6. The summed E-state index contributed by atoms with van der Waals surface area (Å²) < 4.78 is 1.70. The quantitative estimate of drug-likeness (QED) is 0.370. The first-order chi connectivity index (χ1) is 13.5. The van der Waals surface area contributed by atoms with Gasteiger partial charge in [-0.15, -0.1) is 24.0 Å². The minimum absolute atomic E-state index is 0. The summed E-state index contributed by atoms with van der Waals surface area (Å²) >= 11 is 0. The fraction of sp³-hybridized carbons (Fsp3) is 0.474. The number of carbonyl (C=O) groups excluding carboxylic acids is 1. The van der Waals surface area contributed by atoms with E-state index in [-0.39, 0.29) is 29.9 Å². The molecule has 0 atom stereocenters.